The van der Waals surface area contributed by atoms with Crippen LogP contribution in [0.5, 0.6) is 5.75 Å². The van der Waals surface area contributed by atoms with E-state index in [2.05, 4.69) is 17.6 Å². The summed E-state index contributed by atoms with van der Waals surface area (Å²) < 4.78 is 18.4. The van der Waals surface area contributed by atoms with Gasteiger partial charge in [-0.25, -0.2) is 4.39 Å². The quantitative estimate of drug-likeness (QED) is 0.867. The van der Waals surface area contributed by atoms with E-state index in [0.717, 1.165) is 19.4 Å². The van der Waals surface area contributed by atoms with Crippen LogP contribution >= 0.6 is 0 Å². The standard InChI is InChI=1S/C14H19FN2O2/c1-10-8-11(6-7-16-10)17-14(18)9-19-13-5-3-2-4-12(13)15/h2-5,10-11,16H,6-9H2,1H3,(H,17,18). The van der Waals surface area contributed by atoms with Gasteiger partial charge in [0.2, 0.25) is 0 Å². The Hall–Kier alpha value is -1.62. The average molecular weight is 266 g/mol. The second-order valence-electron chi connectivity index (χ2n) is 4.86. The molecule has 1 amide bonds. The summed E-state index contributed by atoms with van der Waals surface area (Å²) in [6, 6.07) is 6.65. The molecule has 0 aromatic heterocycles. The molecule has 1 aliphatic rings. The van der Waals surface area contributed by atoms with E-state index in [1.807, 2.05) is 0 Å². The second-order valence-corrected chi connectivity index (χ2v) is 4.86. The molecule has 5 heteroatoms. The van der Waals surface area contributed by atoms with E-state index in [0.29, 0.717) is 6.04 Å². The molecule has 2 unspecified atom stereocenters. The Labute approximate surface area is 112 Å². The monoisotopic (exact) mass is 266 g/mol. The largest absolute Gasteiger partial charge is 0.481 e. The van der Waals surface area contributed by atoms with Crippen molar-refractivity contribution in [2.45, 2.75) is 31.8 Å². The molecular formula is C14H19FN2O2. The number of halogens is 1. The van der Waals surface area contributed by atoms with Crippen molar-refractivity contribution < 1.29 is 13.9 Å². The Morgan fingerprint density at radius 2 is 2.32 bits per heavy atom. The van der Waals surface area contributed by atoms with Gasteiger partial charge in [-0.15, -0.1) is 0 Å². The highest BCUT2D eigenvalue weighted by Crippen LogP contribution is 2.15. The molecule has 1 aliphatic heterocycles. The van der Waals surface area contributed by atoms with E-state index in [-0.39, 0.29) is 24.3 Å². The predicted molar refractivity (Wildman–Crippen MR) is 70.5 cm³/mol. The maximum absolute atomic E-state index is 13.3. The van der Waals surface area contributed by atoms with Crippen molar-refractivity contribution >= 4 is 5.91 Å². The number of carbonyl (C=O) groups excluding carboxylic acids is 1. The first-order valence-corrected chi connectivity index (χ1v) is 6.55. The van der Waals surface area contributed by atoms with E-state index < -0.39 is 5.82 Å². The van der Waals surface area contributed by atoms with Crippen LogP contribution in [0, 0.1) is 5.82 Å². The molecule has 2 N–H and O–H groups in total. The minimum Gasteiger partial charge on any atom is -0.481 e. The highest BCUT2D eigenvalue weighted by molar-refractivity contribution is 5.77. The molecule has 2 atom stereocenters. The van der Waals surface area contributed by atoms with Crippen molar-refractivity contribution in [1.29, 1.82) is 0 Å². The summed E-state index contributed by atoms with van der Waals surface area (Å²) >= 11 is 0. The van der Waals surface area contributed by atoms with Gasteiger partial charge in [0.25, 0.3) is 5.91 Å². The predicted octanol–water partition coefficient (Wildman–Crippen LogP) is 1.46. The number of piperidine rings is 1. The van der Waals surface area contributed by atoms with Gasteiger partial charge in [0.1, 0.15) is 0 Å². The molecule has 0 radical (unpaired) electrons. The summed E-state index contributed by atoms with van der Waals surface area (Å²) in [6.07, 6.45) is 1.82. The summed E-state index contributed by atoms with van der Waals surface area (Å²) in [5, 5.41) is 6.23. The smallest absolute Gasteiger partial charge is 0.258 e. The number of benzene rings is 1. The van der Waals surface area contributed by atoms with Crippen LogP contribution in [0.15, 0.2) is 24.3 Å². The molecular weight excluding hydrogens is 247 g/mol. The molecule has 1 aromatic rings. The topological polar surface area (TPSA) is 50.4 Å². The fourth-order valence-corrected chi connectivity index (χ4v) is 2.24. The number of hydrogen-bond acceptors (Lipinski definition) is 3. The fourth-order valence-electron chi connectivity index (χ4n) is 2.24. The lowest BCUT2D eigenvalue weighted by Crippen LogP contribution is -2.47. The van der Waals surface area contributed by atoms with Gasteiger partial charge < -0.3 is 15.4 Å². The number of nitrogens with one attached hydrogen (secondary N) is 2. The minimum atomic E-state index is -0.453. The summed E-state index contributed by atoms with van der Waals surface area (Å²) in [5.74, 6) is -0.551. The molecule has 2 rings (SSSR count). The van der Waals surface area contributed by atoms with E-state index in [1.54, 1.807) is 12.1 Å². The molecule has 1 saturated heterocycles. The highest BCUT2D eigenvalue weighted by atomic mass is 19.1. The lowest BCUT2D eigenvalue weighted by molar-refractivity contribution is -0.124. The van der Waals surface area contributed by atoms with Crippen molar-refractivity contribution in [3.63, 3.8) is 0 Å². The van der Waals surface area contributed by atoms with Gasteiger partial charge in [-0.05, 0) is 38.4 Å². The van der Waals surface area contributed by atoms with E-state index >= 15 is 0 Å². The Morgan fingerprint density at radius 3 is 3.05 bits per heavy atom. The van der Waals surface area contributed by atoms with Gasteiger partial charge in [0, 0.05) is 12.1 Å². The van der Waals surface area contributed by atoms with Gasteiger partial charge in [-0.2, -0.15) is 0 Å². The van der Waals surface area contributed by atoms with Crippen molar-refractivity contribution in [1.82, 2.24) is 10.6 Å². The second kappa shape index (κ2) is 6.52. The third-order valence-electron chi connectivity index (χ3n) is 3.18. The molecule has 0 aliphatic carbocycles. The van der Waals surface area contributed by atoms with E-state index in [4.69, 9.17) is 4.74 Å². The maximum atomic E-state index is 13.3. The van der Waals surface area contributed by atoms with Gasteiger partial charge in [-0.1, -0.05) is 12.1 Å². The first-order chi connectivity index (χ1) is 9.15. The van der Waals surface area contributed by atoms with Crippen LogP contribution in [-0.4, -0.2) is 31.1 Å². The lowest BCUT2D eigenvalue weighted by Gasteiger charge is -2.28. The molecule has 1 fully saturated rings. The first-order valence-electron chi connectivity index (χ1n) is 6.55. The van der Waals surface area contributed by atoms with Crippen LogP contribution in [0.2, 0.25) is 0 Å². The number of amides is 1. The third-order valence-corrected chi connectivity index (χ3v) is 3.18. The Bertz CT molecular complexity index is 439. The zero-order valence-corrected chi connectivity index (χ0v) is 11.0. The summed E-state index contributed by atoms with van der Waals surface area (Å²) in [7, 11) is 0. The normalized spacial score (nSPS) is 22.8. The first kappa shape index (κ1) is 13.8. The van der Waals surface area contributed by atoms with Crippen LogP contribution < -0.4 is 15.4 Å². The van der Waals surface area contributed by atoms with Crippen molar-refractivity contribution in [3.8, 4) is 5.75 Å². The fraction of sp³-hybridized carbons (Fsp3) is 0.500. The maximum Gasteiger partial charge on any atom is 0.258 e. The third kappa shape index (κ3) is 4.21. The average Bonchev–Trinajstić information content (AvgIpc) is 2.38. The van der Waals surface area contributed by atoms with Crippen LogP contribution in [0.4, 0.5) is 4.39 Å². The Balaban J connectivity index is 1.77. The Kier molecular flexibility index (Phi) is 4.74. The molecule has 0 spiro atoms. The van der Waals surface area contributed by atoms with Crippen LogP contribution in [0.3, 0.4) is 0 Å². The van der Waals surface area contributed by atoms with Gasteiger partial charge in [0.05, 0.1) is 0 Å². The van der Waals surface area contributed by atoms with E-state index in [9.17, 15) is 9.18 Å². The number of hydrogen-bond donors (Lipinski definition) is 2. The molecule has 0 bridgehead atoms. The van der Waals surface area contributed by atoms with Crippen molar-refractivity contribution in [2.24, 2.45) is 0 Å². The zero-order valence-electron chi connectivity index (χ0n) is 11.0. The molecule has 0 saturated carbocycles. The zero-order chi connectivity index (χ0) is 13.7. The molecule has 19 heavy (non-hydrogen) atoms. The minimum absolute atomic E-state index is 0.108. The molecule has 104 valence electrons. The summed E-state index contributed by atoms with van der Waals surface area (Å²) in [5.41, 5.74) is 0. The van der Waals surface area contributed by atoms with Crippen LogP contribution in [0.1, 0.15) is 19.8 Å². The van der Waals surface area contributed by atoms with Gasteiger partial charge in [-0.3, -0.25) is 4.79 Å². The number of rotatable bonds is 4. The molecule has 1 aromatic carbocycles. The Morgan fingerprint density at radius 1 is 1.53 bits per heavy atom. The van der Waals surface area contributed by atoms with Gasteiger partial charge in [0.15, 0.2) is 18.2 Å². The van der Waals surface area contributed by atoms with Crippen LogP contribution in [-0.2, 0) is 4.79 Å². The SMILES string of the molecule is CC1CC(NC(=O)COc2ccccc2F)CCN1. The number of carbonyl (C=O) groups is 1. The van der Waals surface area contributed by atoms with E-state index in [1.165, 1.54) is 12.1 Å². The number of para-hydroxylation sites is 1. The van der Waals surface area contributed by atoms with Crippen molar-refractivity contribution in [2.75, 3.05) is 13.2 Å². The van der Waals surface area contributed by atoms with Crippen LogP contribution in [0.25, 0.3) is 0 Å². The highest BCUT2D eigenvalue weighted by Gasteiger charge is 2.20. The summed E-state index contributed by atoms with van der Waals surface area (Å²) in [4.78, 5) is 11.7. The number of ether oxygens (including phenoxy) is 1. The molecule has 4 nitrogen and oxygen atoms in total. The van der Waals surface area contributed by atoms with Crippen molar-refractivity contribution in [3.05, 3.63) is 30.1 Å². The van der Waals surface area contributed by atoms with Gasteiger partial charge >= 0.3 is 0 Å². The molecule has 1 heterocycles. The lowest BCUT2D eigenvalue weighted by atomic mass is 10.0. The summed E-state index contributed by atoms with van der Waals surface area (Å²) in [6.45, 7) is 2.84.